The number of benzene rings is 2. The average molecular weight is 371 g/mol. The first-order valence-electron chi connectivity index (χ1n) is 5.82. The van der Waals surface area contributed by atoms with Crippen molar-refractivity contribution in [2.45, 2.75) is 0 Å². The highest BCUT2D eigenvalue weighted by molar-refractivity contribution is 9.10. The number of anilines is 1. The van der Waals surface area contributed by atoms with Crippen LogP contribution in [0.25, 0.3) is 22.0 Å². The average Bonchev–Trinajstić information content (AvgIpc) is 2.45. The van der Waals surface area contributed by atoms with Crippen LogP contribution in [0.3, 0.4) is 0 Å². The Labute approximate surface area is 131 Å². The van der Waals surface area contributed by atoms with E-state index in [9.17, 15) is 8.78 Å². The third-order valence-corrected chi connectivity index (χ3v) is 3.86. The number of fused-ring (bicyclic) bond motifs is 1. The van der Waals surface area contributed by atoms with Crippen molar-refractivity contribution in [3.8, 4) is 11.1 Å². The molecule has 1 aromatic heterocycles. The van der Waals surface area contributed by atoms with E-state index in [4.69, 9.17) is 17.3 Å². The first-order valence-corrected chi connectivity index (χ1v) is 6.99. The van der Waals surface area contributed by atoms with Crippen LogP contribution in [0.5, 0.6) is 0 Å². The Balaban J connectivity index is 2.41. The maximum atomic E-state index is 14.2. The quantitative estimate of drug-likeness (QED) is 0.638. The van der Waals surface area contributed by atoms with Crippen molar-refractivity contribution in [3.05, 3.63) is 51.7 Å². The maximum absolute atomic E-state index is 14.2. The van der Waals surface area contributed by atoms with Crippen molar-refractivity contribution in [3.63, 3.8) is 0 Å². The zero-order valence-corrected chi connectivity index (χ0v) is 12.7. The number of nitrogen functional groups attached to an aromatic ring is 1. The molecular formula is C14H7BrClF2N3. The fourth-order valence-electron chi connectivity index (χ4n) is 2.09. The van der Waals surface area contributed by atoms with Crippen molar-refractivity contribution < 1.29 is 8.78 Å². The lowest BCUT2D eigenvalue weighted by Crippen LogP contribution is -1.96. The molecule has 1 heterocycles. The molecule has 2 aromatic carbocycles. The molecule has 7 heteroatoms. The van der Waals surface area contributed by atoms with E-state index in [1.807, 2.05) is 0 Å². The van der Waals surface area contributed by atoms with Crippen molar-refractivity contribution in [1.29, 1.82) is 0 Å². The normalized spacial score (nSPS) is 11.0. The molecule has 106 valence electrons. The van der Waals surface area contributed by atoms with Crippen LogP contribution in [0.15, 0.2) is 35.1 Å². The van der Waals surface area contributed by atoms with E-state index in [1.54, 1.807) is 12.1 Å². The van der Waals surface area contributed by atoms with Gasteiger partial charge in [0.25, 0.3) is 0 Å². The zero-order chi connectivity index (χ0) is 15.1. The second-order valence-corrected chi connectivity index (χ2v) is 5.62. The van der Waals surface area contributed by atoms with Crippen LogP contribution < -0.4 is 5.73 Å². The summed E-state index contributed by atoms with van der Waals surface area (Å²) in [4.78, 5) is 8.04. The Morgan fingerprint density at radius 2 is 1.86 bits per heavy atom. The number of nitrogens with zero attached hydrogens (tertiary/aromatic N) is 2. The van der Waals surface area contributed by atoms with E-state index in [-0.39, 0.29) is 11.4 Å². The summed E-state index contributed by atoms with van der Waals surface area (Å²) in [7, 11) is 0. The summed E-state index contributed by atoms with van der Waals surface area (Å²) in [5.74, 6) is -1.38. The number of hydrogen-bond acceptors (Lipinski definition) is 3. The SMILES string of the molecule is Nc1ncnc2c(-c3ccc(F)c(Cl)c3F)cc(Br)cc12. The molecule has 0 fully saturated rings. The topological polar surface area (TPSA) is 51.8 Å². The summed E-state index contributed by atoms with van der Waals surface area (Å²) in [6.07, 6.45) is 1.29. The van der Waals surface area contributed by atoms with Crippen LogP contribution in [-0.2, 0) is 0 Å². The van der Waals surface area contributed by atoms with E-state index < -0.39 is 16.7 Å². The molecule has 0 spiro atoms. The minimum atomic E-state index is -0.840. The number of rotatable bonds is 1. The zero-order valence-electron chi connectivity index (χ0n) is 10.4. The predicted molar refractivity (Wildman–Crippen MR) is 82.0 cm³/mol. The second-order valence-electron chi connectivity index (χ2n) is 4.33. The molecule has 0 atom stereocenters. The van der Waals surface area contributed by atoms with E-state index in [0.717, 1.165) is 6.07 Å². The molecule has 21 heavy (non-hydrogen) atoms. The van der Waals surface area contributed by atoms with Gasteiger partial charge in [0.2, 0.25) is 0 Å². The Hall–Kier alpha value is -1.79. The van der Waals surface area contributed by atoms with Crippen LogP contribution >= 0.6 is 27.5 Å². The van der Waals surface area contributed by atoms with Gasteiger partial charge < -0.3 is 5.73 Å². The molecule has 3 rings (SSSR count). The molecule has 0 radical (unpaired) electrons. The lowest BCUT2D eigenvalue weighted by Gasteiger charge is -2.10. The van der Waals surface area contributed by atoms with Gasteiger partial charge in [-0.05, 0) is 24.3 Å². The van der Waals surface area contributed by atoms with Gasteiger partial charge in [-0.15, -0.1) is 0 Å². The molecule has 0 unspecified atom stereocenters. The first kappa shape index (κ1) is 14.2. The Morgan fingerprint density at radius 3 is 2.62 bits per heavy atom. The molecule has 2 N–H and O–H groups in total. The van der Waals surface area contributed by atoms with Crippen molar-refractivity contribution in [2.75, 3.05) is 5.73 Å². The summed E-state index contributed by atoms with van der Waals surface area (Å²) in [6, 6.07) is 5.83. The van der Waals surface area contributed by atoms with Gasteiger partial charge in [-0.1, -0.05) is 27.5 Å². The number of hydrogen-bond donors (Lipinski definition) is 1. The fraction of sp³-hybridized carbons (Fsp3) is 0. The van der Waals surface area contributed by atoms with Crippen LogP contribution in [0, 0.1) is 11.6 Å². The van der Waals surface area contributed by atoms with Crippen LogP contribution in [0.2, 0.25) is 5.02 Å². The lowest BCUT2D eigenvalue weighted by molar-refractivity contribution is 0.586. The van der Waals surface area contributed by atoms with Gasteiger partial charge >= 0.3 is 0 Å². The maximum Gasteiger partial charge on any atom is 0.152 e. The van der Waals surface area contributed by atoms with Crippen LogP contribution in [0.1, 0.15) is 0 Å². The van der Waals surface area contributed by atoms with Crippen LogP contribution in [0.4, 0.5) is 14.6 Å². The van der Waals surface area contributed by atoms with E-state index >= 15 is 0 Å². The van der Waals surface area contributed by atoms with Crippen molar-refractivity contribution >= 4 is 44.3 Å². The lowest BCUT2D eigenvalue weighted by atomic mass is 10.0. The largest absolute Gasteiger partial charge is 0.383 e. The molecule has 0 aliphatic rings. The number of halogens is 4. The Morgan fingerprint density at radius 1 is 1.10 bits per heavy atom. The number of nitrogens with two attached hydrogens (primary N) is 1. The monoisotopic (exact) mass is 369 g/mol. The Bertz CT molecular complexity index is 870. The molecule has 0 amide bonds. The third-order valence-electron chi connectivity index (χ3n) is 3.06. The van der Waals surface area contributed by atoms with Gasteiger partial charge in [0.1, 0.15) is 23.0 Å². The van der Waals surface area contributed by atoms with Gasteiger partial charge in [-0.3, -0.25) is 0 Å². The van der Waals surface area contributed by atoms with E-state index in [2.05, 4.69) is 25.9 Å². The van der Waals surface area contributed by atoms with Crippen molar-refractivity contribution in [2.24, 2.45) is 0 Å². The van der Waals surface area contributed by atoms with E-state index in [0.29, 0.717) is 20.9 Å². The molecule has 3 aromatic rings. The van der Waals surface area contributed by atoms with Gasteiger partial charge in [0.05, 0.1) is 5.52 Å². The van der Waals surface area contributed by atoms with Gasteiger partial charge in [0, 0.05) is 21.0 Å². The number of aromatic nitrogens is 2. The third kappa shape index (κ3) is 2.34. The second kappa shape index (κ2) is 5.20. The summed E-state index contributed by atoms with van der Waals surface area (Å²) in [5, 5.41) is 0.0179. The predicted octanol–water partition coefficient (Wildman–Crippen LogP) is 4.57. The van der Waals surface area contributed by atoms with Crippen molar-refractivity contribution in [1.82, 2.24) is 9.97 Å². The molecular weight excluding hydrogens is 364 g/mol. The highest BCUT2D eigenvalue weighted by Gasteiger charge is 2.17. The molecule has 0 bridgehead atoms. The summed E-state index contributed by atoms with van der Waals surface area (Å²) >= 11 is 8.97. The van der Waals surface area contributed by atoms with Gasteiger partial charge in [0.15, 0.2) is 5.82 Å². The highest BCUT2D eigenvalue weighted by atomic mass is 79.9. The van der Waals surface area contributed by atoms with Crippen LogP contribution in [-0.4, -0.2) is 9.97 Å². The van der Waals surface area contributed by atoms with Gasteiger partial charge in [-0.2, -0.15) is 0 Å². The summed E-state index contributed by atoms with van der Waals surface area (Å²) in [5.41, 5.74) is 6.87. The van der Waals surface area contributed by atoms with Gasteiger partial charge in [-0.25, -0.2) is 18.7 Å². The molecule has 3 nitrogen and oxygen atoms in total. The summed E-state index contributed by atoms with van der Waals surface area (Å²) < 4.78 is 28.2. The minimum absolute atomic E-state index is 0.144. The minimum Gasteiger partial charge on any atom is -0.383 e. The smallest absolute Gasteiger partial charge is 0.152 e. The fourth-order valence-corrected chi connectivity index (χ4v) is 2.71. The molecule has 0 saturated heterocycles. The molecule has 0 aliphatic heterocycles. The summed E-state index contributed by atoms with van der Waals surface area (Å²) in [6.45, 7) is 0. The standard InChI is InChI=1S/C14H7BrClF2N3/c15-6-3-8(7-1-2-10(17)11(16)12(7)18)13-9(4-6)14(19)21-5-20-13/h1-5H,(H2,19,20,21). The molecule has 0 aliphatic carbocycles. The highest BCUT2D eigenvalue weighted by Crippen LogP contribution is 2.36. The Kier molecular flexibility index (Phi) is 3.51. The molecule has 0 saturated carbocycles. The van der Waals surface area contributed by atoms with E-state index in [1.165, 1.54) is 12.4 Å². The first-order chi connectivity index (χ1) is 9.99.